The van der Waals surface area contributed by atoms with Crippen LogP contribution in [0.1, 0.15) is 5.56 Å². The highest BCUT2D eigenvalue weighted by Crippen LogP contribution is 2.35. The lowest BCUT2D eigenvalue weighted by Crippen LogP contribution is -1.93. The van der Waals surface area contributed by atoms with Crippen LogP contribution in [-0.4, -0.2) is 9.55 Å². The molecule has 0 saturated heterocycles. The Bertz CT molecular complexity index is 1850. The van der Waals surface area contributed by atoms with Crippen LogP contribution in [0.15, 0.2) is 116 Å². The number of nitrogens with zero attached hydrogens (tertiary/aromatic N) is 1. The fourth-order valence-corrected chi connectivity index (χ4v) is 5.25. The predicted molar refractivity (Wildman–Crippen MR) is 150 cm³/mol. The van der Waals surface area contributed by atoms with Crippen molar-refractivity contribution in [3.63, 3.8) is 0 Å². The number of para-hydroxylation sites is 3. The molecular formula is C32H23N3. The van der Waals surface area contributed by atoms with Gasteiger partial charge in [0.25, 0.3) is 0 Å². The van der Waals surface area contributed by atoms with Crippen LogP contribution in [0, 0.1) is 0 Å². The second-order valence-corrected chi connectivity index (χ2v) is 8.90. The summed E-state index contributed by atoms with van der Waals surface area (Å²) in [6, 6.07) is 38.7. The van der Waals surface area contributed by atoms with E-state index in [0.29, 0.717) is 0 Å². The normalized spacial score (nSPS) is 11.5. The summed E-state index contributed by atoms with van der Waals surface area (Å²) in [4.78, 5) is 3.61. The van der Waals surface area contributed by atoms with Gasteiger partial charge >= 0.3 is 0 Å². The second-order valence-electron chi connectivity index (χ2n) is 8.90. The van der Waals surface area contributed by atoms with E-state index >= 15 is 0 Å². The topological polar surface area (TPSA) is 32.8 Å². The molecule has 0 saturated carbocycles. The first-order chi connectivity index (χ1) is 17.3. The minimum Gasteiger partial charge on any atom is -0.355 e. The molecule has 0 bridgehead atoms. The number of H-pyrrole nitrogens is 1. The largest absolute Gasteiger partial charge is 0.355 e. The molecule has 0 aliphatic carbocycles. The number of rotatable bonds is 4. The molecule has 35 heavy (non-hydrogen) atoms. The average Bonchev–Trinajstić information content (AvgIpc) is 3.44. The Labute approximate surface area is 202 Å². The highest BCUT2D eigenvalue weighted by atomic mass is 15.0. The third kappa shape index (κ3) is 3.06. The van der Waals surface area contributed by atoms with E-state index in [1.54, 1.807) is 0 Å². The monoisotopic (exact) mass is 449 g/mol. The minimum atomic E-state index is 1.04. The van der Waals surface area contributed by atoms with Crippen LogP contribution in [-0.2, 0) is 0 Å². The maximum absolute atomic E-state index is 3.93. The van der Waals surface area contributed by atoms with Crippen LogP contribution < -0.4 is 5.32 Å². The summed E-state index contributed by atoms with van der Waals surface area (Å²) < 4.78 is 2.37. The van der Waals surface area contributed by atoms with E-state index in [1.807, 2.05) is 18.2 Å². The molecule has 2 aromatic heterocycles. The Balaban J connectivity index is 1.38. The van der Waals surface area contributed by atoms with Crippen LogP contribution in [0.2, 0.25) is 0 Å². The molecule has 3 heteroatoms. The quantitative estimate of drug-likeness (QED) is 0.276. The molecule has 2 N–H and O–H groups in total. The maximum atomic E-state index is 3.93. The number of nitrogens with one attached hydrogen (secondary N) is 2. The van der Waals surface area contributed by atoms with Gasteiger partial charge in [0.2, 0.25) is 0 Å². The molecule has 166 valence electrons. The second kappa shape index (κ2) is 7.64. The molecule has 5 aromatic carbocycles. The molecule has 0 fully saturated rings. The third-order valence-corrected chi connectivity index (χ3v) is 6.88. The number of fused-ring (bicyclic) bond motifs is 6. The predicted octanol–water partition coefficient (Wildman–Crippen LogP) is 8.80. The zero-order valence-electron chi connectivity index (χ0n) is 19.1. The van der Waals surface area contributed by atoms with Crippen molar-refractivity contribution in [1.29, 1.82) is 0 Å². The van der Waals surface area contributed by atoms with Gasteiger partial charge in [-0.25, -0.2) is 0 Å². The number of aromatic nitrogens is 2. The van der Waals surface area contributed by atoms with Gasteiger partial charge in [0, 0.05) is 49.6 Å². The van der Waals surface area contributed by atoms with Crippen molar-refractivity contribution < 1.29 is 0 Å². The molecule has 0 amide bonds. The van der Waals surface area contributed by atoms with E-state index in [0.717, 1.165) is 33.7 Å². The first-order valence-electron chi connectivity index (χ1n) is 11.8. The van der Waals surface area contributed by atoms with Crippen molar-refractivity contribution in [2.24, 2.45) is 0 Å². The smallest absolute Gasteiger partial charge is 0.0541 e. The van der Waals surface area contributed by atoms with E-state index < -0.39 is 0 Å². The van der Waals surface area contributed by atoms with Crippen molar-refractivity contribution in [3.8, 4) is 5.69 Å². The number of hydrogen-bond acceptors (Lipinski definition) is 1. The Hall–Kier alpha value is -4.76. The Morgan fingerprint density at radius 1 is 0.629 bits per heavy atom. The van der Waals surface area contributed by atoms with Gasteiger partial charge < -0.3 is 14.9 Å². The van der Waals surface area contributed by atoms with E-state index in [-0.39, 0.29) is 0 Å². The van der Waals surface area contributed by atoms with Gasteiger partial charge in [0.1, 0.15) is 0 Å². The number of hydrogen-bond donors (Lipinski definition) is 2. The SMILES string of the molecule is C=Cc1ccccc1Nc1ccc2c(c1)[nH]c1ccc(-n3c4ccccc4c4ccccc43)cc12. The van der Waals surface area contributed by atoms with Crippen molar-refractivity contribution in [3.05, 3.63) is 121 Å². The molecule has 0 aliphatic heterocycles. The van der Waals surface area contributed by atoms with Gasteiger partial charge in [-0.2, -0.15) is 0 Å². The summed E-state index contributed by atoms with van der Waals surface area (Å²) in [5.41, 5.74) is 9.03. The molecule has 0 spiro atoms. The number of benzene rings is 5. The molecule has 7 rings (SSSR count). The Morgan fingerprint density at radius 2 is 1.34 bits per heavy atom. The molecule has 0 aliphatic rings. The van der Waals surface area contributed by atoms with Gasteiger partial charge in [0.15, 0.2) is 0 Å². The summed E-state index contributed by atoms with van der Waals surface area (Å²) in [5.74, 6) is 0. The summed E-state index contributed by atoms with van der Waals surface area (Å²) in [5, 5.41) is 8.52. The van der Waals surface area contributed by atoms with Crippen LogP contribution in [0.25, 0.3) is 55.4 Å². The lowest BCUT2D eigenvalue weighted by molar-refractivity contribution is 1.19. The highest BCUT2D eigenvalue weighted by molar-refractivity contribution is 6.11. The van der Waals surface area contributed by atoms with Crippen LogP contribution in [0.5, 0.6) is 0 Å². The van der Waals surface area contributed by atoms with Gasteiger partial charge in [-0.1, -0.05) is 73.3 Å². The van der Waals surface area contributed by atoms with Crippen molar-refractivity contribution in [2.75, 3.05) is 5.32 Å². The minimum absolute atomic E-state index is 1.04. The first-order valence-corrected chi connectivity index (χ1v) is 11.8. The molecule has 7 aromatic rings. The average molecular weight is 450 g/mol. The Morgan fingerprint density at radius 3 is 2.11 bits per heavy atom. The van der Waals surface area contributed by atoms with E-state index in [2.05, 4.69) is 119 Å². The fourth-order valence-electron chi connectivity index (χ4n) is 5.25. The first kappa shape index (κ1) is 19.7. The number of anilines is 2. The highest BCUT2D eigenvalue weighted by Gasteiger charge is 2.13. The number of aromatic amines is 1. The standard InChI is InChI=1S/C32H23N3/c1-2-21-9-3-6-12-28(21)33-22-15-17-24-27-20-23(16-18-29(27)34-30(24)19-22)35-31-13-7-4-10-25(31)26-11-5-8-14-32(26)35/h2-20,33-34H,1H2. The zero-order valence-corrected chi connectivity index (χ0v) is 19.1. The Kier molecular flexibility index (Phi) is 4.30. The maximum Gasteiger partial charge on any atom is 0.0541 e. The summed E-state index contributed by atoms with van der Waals surface area (Å²) >= 11 is 0. The van der Waals surface area contributed by atoms with Gasteiger partial charge in [-0.05, 0) is 54.1 Å². The van der Waals surface area contributed by atoms with E-state index in [1.165, 1.54) is 32.6 Å². The summed E-state index contributed by atoms with van der Waals surface area (Å²) in [7, 11) is 0. The molecule has 0 unspecified atom stereocenters. The lowest BCUT2D eigenvalue weighted by atomic mass is 10.1. The van der Waals surface area contributed by atoms with E-state index in [9.17, 15) is 0 Å². The summed E-state index contributed by atoms with van der Waals surface area (Å²) in [6.07, 6.45) is 1.87. The van der Waals surface area contributed by atoms with Gasteiger partial charge in [0.05, 0.1) is 11.0 Å². The van der Waals surface area contributed by atoms with Crippen molar-refractivity contribution in [1.82, 2.24) is 9.55 Å². The fraction of sp³-hybridized carbons (Fsp3) is 0. The zero-order chi connectivity index (χ0) is 23.4. The molecule has 2 heterocycles. The van der Waals surface area contributed by atoms with E-state index in [4.69, 9.17) is 0 Å². The van der Waals surface area contributed by atoms with Crippen LogP contribution in [0.4, 0.5) is 11.4 Å². The summed E-state index contributed by atoms with van der Waals surface area (Å²) in [6.45, 7) is 3.93. The molecule has 0 radical (unpaired) electrons. The lowest BCUT2D eigenvalue weighted by Gasteiger charge is -2.10. The van der Waals surface area contributed by atoms with Crippen molar-refractivity contribution in [2.45, 2.75) is 0 Å². The van der Waals surface area contributed by atoms with Crippen LogP contribution in [0.3, 0.4) is 0 Å². The van der Waals surface area contributed by atoms with Gasteiger partial charge in [-0.15, -0.1) is 0 Å². The van der Waals surface area contributed by atoms with Crippen molar-refractivity contribution >= 4 is 61.1 Å². The molecular weight excluding hydrogens is 426 g/mol. The molecule has 3 nitrogen and oxygen atoms in total. The molecule has 0 atom stereocenters. The van der Waals surface area contributed by atoms with Gasteiger partial charge in [-0.3, -0.25) is 0 Å². The van der Waals surface area contributed by atoms with Crippen LogP contribution >= 0.6 is 0 Å². The third-order valence-electron chi connectivity index (χ3n) is 6.88.